The van der Waals surface area contributed by atoms with Gasteiger partial charge < -0.3 is 10.4 Å². The van der Waals surface area contributed by atoms with E-state index in [2.05, 4.69) is 15.3 Å². The smallest absolute Gasteiger partial charge is 0.307 e. The Morgan fingerprint density at radius 1 is 1.28 bits per heavy atom. The number of carboxylic acid groups (broad SMARTS) is 1. The Morgan fingerprint density at radius 2 is 1.94 bits per heavy atom. The van der Waals surface area contributed by atoms with Crippen molar-refractivity contribution in [2.24, 2.45) is 11.8 Å². The van der Waals surface area contributed by atoms with Crippen LogP contribution in [0.1, 0.15) is 25.2 Å². The van der Waals surface area contributed by atoms with Crippen LogP contribution in [-0.2, 0) is 16.1 Å². The Labute approximate surface area is 105 Å². The summed E-state index contributed by atoms with van der Waals surface area (Å²) in [5.74, 6) is -2.57. The molecule has 18 heavy (non-hydrogen) atoms. The molecule has 2 N–H and O–H groups in total. The maximum absolute atomic E-state index is 11.7. The summed E-state index contributed by atoms with van der Waals surface area (Å²) in [6, 6.07) is 0. The maximum atomic E-state index is 11.7. The van der Waals surface area contributed by atoms with Gasteiger partial charge in [-0.05, 0) is 6.92 Å². The van der Waals surface area contributed by atoms with Crippen LogP contribution in [0.25, 0.3) is 0 Å². The molecule has 98 valence electrons. The third-order valence-electron chi connectivity index (χ3n) is 2.83. The Balaban J connectivity index is 2.50. The van der Waals surface area contributed by atoms with Crippen molar-refractivity contribution >= 4 is 11.9 Å². The lowest BCUT2D eigenvalue weighted by Crippen LogP contribution is -2.35. The van der Waals surface area contributed by atoms with Crippen molar-refractivity contribution in [2.45, 2.75) is 27.3 Å². The number of carboxylic acids is 1. The molecule has 6 heteroatoms. The van der Waals surface area contributed by atoms with E-state index in [-0.39, 0.29) is 12.5 Å². The van der Waals surface area contributed by atoms with Crippen molar-refractivity contribution in [1.29, 1.82) is 0 Å². The van der Waals surface area contributed by atoms with Gasteiger partial charge in [-0.1, -0.05) is 13.8 Å². The molecule has 0 aromatic carbocycles. The Kier molecular flexibility index (Phi) is 4.76. The molecule has 1 aromatic heterocycles. The molecule has 1 aromatic rings. The normalized spacial score (nSPS) is 13.7. The molecule has 0 fully saturated rings. The lowest BCUT2D eigenvalue weighted by Gasteiger charge is -2.15. The summed E-state index contributed by atoms with van der Waals surface area (Å²) >= 11 is 0. The summed E-state index contributed by atoms with van der Waals surface area (Å²) < 4.78 is 0. The van der Waals surface area contributed by atoms with E-state index in [0.29, 0.717) is 5.69 Å². The second-order valence-electron chi connectivity index (χ2n) is 4.28. The predicted octanol–water partition coefficient (Wildman–Crippen LogP) is 0.758. The highest BCUT2D eigenvalue weighted by Gasteiger charge is 2.25. The summed E-state index contributed by atoms with van der Waals surface area (Å²) in [4.78, 5) is 30.6. The molecule has 2 atom stereocenters. The van der Waals surface area contributed by atoms with Crippen molar-refractivity contribution < 1.29 is 14.7 Å². The fourth-order valence-corrected chi connectivity index (χ4v) is 1.29. The predicted molar refractivity (Wildman–Crippen MR) is 64.6 cm³/mol. The van der Waals surface area contributed by atoms with Crippen molar-refractivity contribution in [2.75, 3.05) is 0 Å². The van der Waals surface area contributed by atoms with Gasteiger partial charge in [0.1, 0.15) is 0 Å². The van der Waals surface area contributed by atoms with Crippen LogP contribution >= 0.6 is 0 Å². The average Bonchev–Trinajstić information content (AvgIpc) is 2.35. The topological polar surface area (TPSA) is 92.2 Å². The van der Waals surface area contributed by atoms with Crippen LogP contribution in [0.3, 0.4) is 0 Å². The molecule has 0 radical (unpaired) electrons. The van der Waals surface area contributed by atoms with Gasteiger partial charge in [0.15, 0.2) is 0 Å². The third-order valence-corrected chi connectivity index (χ3v) is 2.83. The van der Waals surface area contributed by atoms with Gasteiger partial charge in [0.2, 0.25) is 5.91 Å². The summed E-state index contributed by atoms with van der Waals surface area (Å²) in [7, 11) is 0. The second-order valence-corrected chi connectivity index (χ2v) is 4.28. The van der Waals surface area contributed by atoms with Crippen molar-refractivity contribution in [3.05, 3.63) is 23.8 Å². The minimum Gasteiger partial charge on any atom is -0.481 e. The van der Waals surface area contributed by atoms with Crippen LogP contribution < -0.4 is 5.32 Å². The molecule has 1 rings (SSSR count). The molecular weight excluding hydrogens is 234 g/mol. The molecular formula is C12H17N3O3. The fourth-order valence-electron chi connectivity index (χ4n) is 1.29. The van der Waals surface area contributed by atoms with E-state index >= 15 is 0 Å². The largest absolute Gasteiger partial charge is 0.481 e. The van der Waals surface area contributed by atoms with Crippen LogP contribution in [0.2, 0.25) is 0 Å². The summed E-state index contributed by atoms with van der Waals surface area (Å²) in [5, 5.41) is 11.5. The lowest BCUT2D eigenvalue weighted by atomic mass is 9.95. The van der Waals surface area contributed by atoms with Crippen LogP contribution in [0, 0.1) is 18.8 Å². The zero-order valence-electron chi connectivity index (χ0n) is 10.7. The number of nitrogens with zero attached hydrogens (tertiary/aromatic N) is 2. The van der Waals surface area contributed by atoms with Gasteiger partial charge in [-0.3, -0.25) is 19.6 Å². The van der Waals surface area contributed by atoms with Crippen LogP contribution in [0.15, 0.2) is 12.4 Å². The summed E-state index contributed by atoms with van der Waals surface area (Å²) in [6.45, 7) is 5.18. The molecule has 0 aliphatic heterocycles. The summed E-state index contributed by atoms with van der Waals surface area (Å²) in [6.07, 6.45) is 3.20. The molecule has 0 aliphatic rings. The molecule has 0 aliphatic carbocycles. The number of aromatic nitrogens is 2. The van der Waals surface area contributed by atoms with Gasteiger partial charge in [0.25, 0.3) is 0 Å². The fraction of sp³-hybridized carbons (Fsp3) is 0.500. The zero-order chi connectivity index (χ0) is 13.7. The molecule has 2 unspecified atom stereocenters. The molecule has 1 amide bonds. The molecule has 0 saturated carbocycles. The first-order chi connectivity index (χ1) is 8.41. The quantitative estimate of drug-likeness (QED) is 0.806. The molecule has 0 spiro atoms. The Hall–Kier alpha value is -1.98. The SMILES string of the molecule is Cc1cnc(CNC(=O)C(C)C(C)C(=O)O)cn1. The highest BCUT2D eigenvalue weighted by Crippen LogP contribution is 2.11. The van der Waals surface area contributed by atoms with E-state index in [9.17, 15) is 9.59 Å². The minimum absolute atomic E-state index is 0.253. The first-order valence-corrected chi connectivity index (χ1v) is 5.70. The van der Waals surface area contributed by atoms with Crippen molar-refractivity contribution in [1.82, 2.24) is 15.3 Å². The number of hydrogen-bond donors (Lipinski definition) is 2. The first-order valence-electron chi connectivity index (χ1n) is 5.70. The Morgan fingerprint density at radius 3 is 2.44 bits per heavy atom. The molecule has 0 saturated heterocycles. The number of aryl methyl sites for hydroxylation is 1. The van der Waals surface area contributed by atoms with Gasteiger partial charge in [-0.15, -0.1) is 0 Å². The van der Waals surface area contributed by atoms with Crippen LogP contribution in [0.4, 0.5) is 0 Å². The van der Waals surface area contributed by atoms with Gasteiger partial charge in [0.05, 0.1) is 30.0 Å². The van der Waals surface area contributed by atoms with Gasteiger partial charge in [-0.25, -0.2) is 0 Å². The first kappa shape index (κ1) is 14.1. The van der Waals surface area contributed by atoms with E-state index in [1.807, 2.05) is 6.92 Å². The number of amides is 1. The second kappa shape index (κ2) is 6.09. The summed E-state index contributed by atoms with van der Waals surface area (Å²) in [5.41, 5.74) is 1.45. The van der Waals surface area contributed by atoms with Gasteiger partial charge in [0, 0.05) is 12.1 Å². The number of nitrogens with one attached hydrogen (secondary N) is 1. The third kappa shape index (κ3) is 3.80. The van der Waals surface area contributed by atoms with Gasteiger partial charge in [-0.2, -0.15) is 0 Å². The van der Waals surface area contributed by atoms with Crippen LogP contribution in [0.5, 0.6) is 0 Å². The monoisotopic (exact) mass is 251 g/mol. The lowest BCUT2D eigenvalue weighted by molar-refractivity contribution is -0.146. The standard InChI is InChI=1S/C12H17N3O3/c1-7-4-14-10(5-13-7)6-15-11(16)8(2)9(3)12(17)18/h4-5,8-9H,6H2,1-3H3,(H,15,16)(H,17,18). The maximum Gasteiger partial charge on any atom is 0.307 e. The Bertz CT molecular complexity index is 431. The minimum atomic E-state index is -0.979. The number of carbonyl (C=O) groups excluding carboxylic acids is 1. The zero-order valence-corrected chi connectivity index (χ0v) is 10.7. The van der Waals surface area contributed by atoms with Crippen LogP contribution in [-0.4, -0.2) is 27.0 Å². The average molecular weight is 251 g/mol. The molecule has 0 bridgehead atoms. The van der Waals surface area contributed by atoms with Gasteiger partial charge >= 0.3 is 5.97 Å². The highest BCUT2D eigenvalue weighted by molar-refractivity contribution is 5.84. The molecule has 1 heterocycles. The number of rotatable bonds is 5. The highest BCUT2D eigenvalue weighted by atomic mass is 16.4. The van der Waals surface area contributed by atoms with E-state index in [1.165, 1.54) is 6.92 Å². The number of hydrogen-bond acceptors (Lipinski definition) is 4. The van der Waals surface area contributed by atoms with E-state index < -0.39 is 17.8 Å². The number of carbonyl (C=O) groups is 2. The van der Waals surface area contributed by atoms with E-state index in [0.717, 1.165) is 5.69 Å². The van der Waals surface area contributed by atoms with E-state index in [1.54, 1.807) is 19.3 Å². The van der Waals surface area contributed by atoms with Crippen molar-refractivity contribution in [3.63, 3.8) is 0 Å². The molecule has 6 nitrogen and oxygen atoms in total. The van der Waals surface area contributed by atoms with Crippen molar-refractivity contribution in [3.8, 4) is 0 Å². The van der Waals surface area contributed by atoms with E-state index in [4.69, 9.17) is 5.11 Å². The number of aliphatic carboxylic acids is 1.